The second kappa shape index (κ2) is 23.2. The van der Waals surface area contributed by atoms with Crippen LogP contribution in [-0.2, 0) is 0 Å². The minimum absolute atomic E-state index is 1.22. The zero-order chi connectivity index (χ0) is 4.71. The molecule has 0 atom stereocenters. The predicted octanol–water partition coefficient (Wildman–Crippen LogP) is 2.75. The van der Waals surface area contributed by atoms with Crippen molar-refractivity contribution in [3.8, 4) is 0 Å². The van der Waals surface area contributed by atoms with E-state index in [1.54, 1.807) is 0 Å². The van der Waals surface area contributed by atoms with Crippen molar-refractivity contribution in [2.75, 3.05) is 0 Å². The van der Waals surface area contributed by atoms with Crippen molar-refractivity contribution >= 4 is 33.3 Å². The molecule has 0 fully saturated rings. The van der Waals surface area contributed by atoms with E-state index in [1.165, 1.54) is 5.54 Å². The molecular weight excluding hydrogens is 130 g/mol. The summed E-state index contributed by atoms with van der Waals surface area (Å²) in [5, 5.41) is 0. The maximum absolute atomic E-state index is 4.76. The molecule has 32 valence electrons. The van der Waals surface area contributed by atoms with Crippen molar-refractivity contribution < 1.29 is 0 Å². The molecule has 0 nitrogen and oxygen atoms in total. The first-order valence-corrected chi connectivity index (χ1v) is 2.35. The van der Waals surface area contributed by atoms with E-state index < -0.39 is 0 Å². The van der Waals surface area contributed by atoms with E-state index in [9.17, 15) is 0 Å². The highest BCUT2D eigenvalue weighted by molar-refractivity contribution is 6.85. The van der Waals surface area contributed by atoms with Gasteiger partial charge >= 0.3 is 0 Å². The Morgan fingerprint density at radius 2 is 1.40 bits per heavy atom. The van der Waals surface area contributed by atoms with Crippen LogP contribution in [0.2, 0.25) is 0 Å². The Balaban J connectivity index is 0. The summed E-state index contributed by atoms with van der Waals surface area (Å²) < 4.78 is 0. The van der Waals surface area contributed by atoms with Crippen molar-refractivity contribution in [3.05, 3.63) is 12.1 Å². The van der Waals surface area contributed by atoms with Gasteiger partial charge in [-0.25, -0.2) is 0 Å². The van der Waals surface area contributed by atoms with Gasteiger partial charge in [-0.1, -0.05) is 18.2 Å². The summed E-state index contributed by atoms with van der Waals surface area (Å²) in [7, 11) is 8.22. The molecule has 0 bridgehead atoms. The predicted molar refractivity (Wildman–Crippen MR) is 27.8 cm³/mol. The van der Waals surface area contributed by atoms with E-state index in [4.69, 9.17) is 11.6 Å². The number of rotatable bonds is 0. The second-order valence-electron chi connectivity index (χ2n) is 0.154. The Bertz CT molecular complexity index is 12.4. The van der Waals surface area contributed by atoms with Gasteiger partial charge < -0.3 is 0 Å². The fourth-order valence-corrected chi connectivity index (χ4v) is 0. The number of hydrogen-bond donors (Lipinski definition) is 0. The Kier molecular flexibility index (Phi) is 42.4. The van der Waals surface area contributed by atoms with Gasteiger partial charge in [0.15, 0.2) is 0 Å². The van der Waals surface area contributed by atoms with Crippen LogP contribution in [-0.4, -0.2) is 0 Å². The summed E-state index contributed by atoms with van der Waals surface area (Å²) in [6, 6.07) is 0. The highest BCUT2D eigenvalue weighted by atomic mass is 36.5. The molecule has 0 aromatic carbocycles. The summed E-state index contributed by atoms with van der Waals surface area (Å²) in [5.41, 5.74) is 1.22. The van der Waals surface area contributed by atoms with Crippen LogP contribution in [0.15, 0.2) is 12.1 Å². The second-order valence-corrected chi connectivity index (χ2v) is 0.463. The molecule has 0 aromatic heterocycles. The topological polar surface area (TPSA) is 0 Å². The largest absolute Gasteiger partial charge is 0.0936 e. The molecule has 0 saturated carbocycles. The lowest BCUT2D eigenvalue weighted by Crippen LogP contribution is -0.926. The molecule has 3 heteroatoms. The van der Waals surface area contributed by atoms with Gasteiger partial charge in [0.25, 0.3) is 0 Å². The fraction of sp³-hybridized carbons (Fsp3) is 0. The third-order valence-electron chi connectivity index (χ3n) is 0. The molecular formula is C2H3Cl3. The van der Waals surface area contributed by atoms with E-state index in [1.807, 2.05) is 0 Å². The Morgan fingerprint density at radius 3 is 1.40 bits per heavy atom. The quantitative estimate of drug-likeness (QED) is 0.477. The van der Waals surface area contributed by atoms with Crippen LogP contribution in [0.25, 0.3) is 0 Å². The molecule has 0 rings (SSSR count). The molecule has 0 radical (unpaired) electrons. The van der Waals surface area contributed by atoms with Gasteiger partial charge in [0.2, 0.25) is 0 Å². The van der Waals surface area contributed by atoms with Crippen LogP contribution in [0.4, 0.5) is 0 Å². The third-order valence-corrected chi connectivity index (χ3v) is 0. The highest BCUT2D eigenvalue weighted by Crippen LogP contribution is 1.69. The molecule has 0 aliphatic rings. The van der Waals surface area contributed by atoms with Gasteiger partial charge in [-0.3, -0.25) is 0 Å². The highest BCUT2D eigenvalue weighted by Gasteiger charge is 1.18. The fourth-order valence-electron chi connectivity index (χ4n) is 0. The molecule has 0 aliphatic carbocycles. The lowest BCUT2D eigenvalue weighted by atomic mass is 11.3. The van der Waals surface area contributed by atoms with Gasteiger partial charge in [0, 0.05) is 21.7 Å². The minimum atomic E-state index is 1.22. The van der Waals surface area contributed by atoms with Crippen LogP contribution in [0.3, 0.4) is 0 Å². The van der Waals surface area contributed by atoms with E-state index >= 15 is 0 Å². The maximum atomic E-state index is 4.76. The summed E-state index contributed by atoms with van der Waals surface area (Å²) in [6.07, 6.45) is 0. The molecule has 0 aliphatic heterocycles. The smallest absolute Gasteiger partial charge is 0 e. The molecule has 0 aromatic rings. The van der Waals surface area contributed by atoms with Gasteiger partial charge in [0.05, 0.1) is 0 Å². The van der Waals surface area contributed by atoms with Crippen molar-refractivity contribution in [2.24, 2.45) is 0 Å². The molecule has 0 saturated heterocycles. The van der Waals surface area contributed by atoms with Crippen LogP contribution in [0.5, 0.6) is 0 Å². The normalized spacial score (nSPS) is 3.80. The van der Waals surface area contributed by atoms with Crippen molar-refractivity contribution in [3.63, 3.8) is 0 Å². The van der Waals surface area contributed by atoms with E-state index in [-0.39, 0.29) is 0 Å². The standard InChI is InChI=1S/C2H3Cl.Cl2/c1-2-3;1-2/h2H,1H2;. The first kappa shape index (κ1) is 9.15. The average Bonchev–Trinajstić information content (AvgIpc) is 1.46. The number of halogens is 3. The molecule has 0 heterocycles. The Hall–Kier alpha value is 0.610. The van der Waals surface area contributed by atoms with Crippen molar-refractivity contribution in [1.82, 2.24) is 0 Å². The maximum Gasteiger partial charge on any atom is 0 e. The monoisotopic (exact) mass is 132 g/mol. The summed E-state index contributed by atoms with van der Waals surface area (Å²) >= 11 is 4.76. The zero-order valence-corrected chi connectivity index (χ0v) is 4.69. The average molecular weight is 133 g/mol. The molecule has 0 spiro atoms. The Labute approximate surface area is 45.9 Å². The van der Waals surface area contributed by atoms with E-state index in [2.05, 4.69) is 28.3 Å². The van der Waals surface area contributed by atoms with Crippen LogP contribution >= 0.6 is 33.3 Å². The van der Waals surface area contributed by atoms with E-state index in [0.29, 0.717) is 0 Å². The zero-order valence-electron chi connectivity index (χ0n) is 2.42. The lowest BCUT2D eigenvalue weighted by Gasteiger charge is -1.27. The summed E-state index contributed by atoms with van der Waals surface area (Å²) in [6.45, 7) is 3.13. The minimum Gasteiger partial charge on any atom is -0.0936 e. The molecule has 0 amide bonds. The lowest BCUT2D eigenvalue weighted by molar-refractivity contribution is 2.63. The molecule has 0 N–H and O–H groups in total. The molecule has 0 unspecified atom stereocenters. The van der Waals surface area contributed by atoms with Gasteiger partial charge in [-0.2, -0.15) is 0 Å². The number of hydrogen-bond acceptors (Lipinski definition) is 0. The SMILES string of the molecule is C=CCl.ClCl. The Morgan fingerprint density at radius 1 is 1.40 bits per heavy atom. The van der Waals surface area contributed by atoms with Crippen LogP contribution < -0.4 is 0 Å². The van der Waals surface area contributed by atoms with Crippen molar-refractivity contribution in [2.45, 2.75) is 0 Å². The summed E-state index contributed by atoms with van der Waals surface area (Å²) in [4.78, 5) is 0. The van der Waals surface area contributed by atoms with Crippen molar-refractivity contribution in [1.29, 1.82) is 0 Å². The third kappa shape index (κ3) is 84.4. The first-order valence-electron chi connectivity index (χ1n) is 0.769. The van der Waals surface area contributed by atoms with Gasteiger partial charge in [-0.15, -0.1) is 0 Å². The van der Waals surface area contributed by atoms with Crippen LogP contribution in [0.1, 0.15) is 0 Å². The van der Waals surface area contributed by atoms with Gasteiger partial charge in [0.1, 0.15) is 0 Å². The molecule has 5 heavy (non-hydrogen) atoms. The summed E-state index contributed by atoms with van der Waals surface area (Å²) in [5.74, 6) is 0. The first-order chi connectivity index (χ1) is 2.41. The van der Waals surface area contributed by atoms with Crippen LogP contribution in [0, 0.1) is 0 Å². The van der Waals surface area contributed by atoms with Gasteiger partial charge in [-0.05, 0) is 5.54 Å². The van der Waals surface area contributed by atoms with E-state index in [0.717, 1.165) is 0 Å².